The molecule has 0 spiro atoms. The average Bonchev–Trinajstić information content (AvgIpc) is 3.00. The summed E-state index contributed by atoms with van der Waals surface area (Å²) in [6, 6.07) is 15.1. The molecule has 4 nitrogen and oxygen atoms in total. The molecule has 2 N–H and O–H groups in total. The predicted octanol–water partition coefficient (Wildman–Crippen LogP) is 2.83. The van der Waals surface area contributed by atoms with Gasteiger partial charge in [-0.25, -0.2) is 4.98 Å². The summed E-state index contributed by atoms with van der Waals surface area (Å²) in [5.41, 5.74) is 1.41. The van der Waals surface area contributed by atoms with Crippen molar-refractivity contribution in [3.63, 3.8) is 0 Å². The number of aliphatic hydroxyl groups is 2. The van der Waals surface area contributed by atoms with E-state index >= 15 is 0 Å². The highest BCUT2D eigenvalue weighted by Gasteiger charge is 2.16. The van der Waals surface area contributed by atoms with Gasteiger partial charge in [-0.1, -0.05) is 24.3 Å². The molecule has 0 saturated heterocycles. The highest BCUT2D eigenvalue weighted by atomic mass is 16.4. The minimum Gasteiger partial charge on any atom is -0.463 e. The molecule has 1 unspecified atom stereocenters. The zero-order chi connectivity index (χ0) is 14.7. The van der Waals surface area contributed by atoms with E-state index in [0.717, 1.165) is 16.7 Å². The molecule has 0 saturated carbocycles. The molecular formula is C17H17NO3. The zero-order valence-electron chi connectivity index (χ0n) is 11.6. The van der Waals surface area contributed by atoms with Gasteiger partial charge in [0.05, 0.1) is 11.2 Å². The van der Waals surface area contributed by atoms with Crippen LogP contribution in [0.1, 0.15) is 29.7 Å². The summed E-state index contributed by atoms with van der Waals surface area (Å²) in [5, 5.41) is 20.2. The Bertz CT molecular complexity index is 735. The maximum atomic E-state index is 10.4. The first-order chi connectivity index (χ1) is 10.3. The van der Waals surface area contributed by atoms with Gasteiger partial charge in [-0.2, -0.15) is 0 Å². The quantitative estimate of drug-likeness (QED) is 0.755. The highest BCUT2D eigenvalue weighted by Crippen LogP contribution is 2.24. The number of aromatic nitrogens is 1. The lowest BCUT2D eigenvalue weighted by Crippen LogP contribution is -2.01. The van der Waals surface area contributed by atoms with Gasteiger partial charge >= 0.3 is 0 Å². The molecule has 108 valence electrons. The summed E-state index contributed by atoms with van der Waals surface area (Å²) in [6.45, 7) is 0.130. The van der Waals surface area contributed by atoms with E-state index in [9.17, 15) is 5.11 Å². The molecule has 0 aliphatic heterocycles. The van der Waals surface area contributed by atoms with Crippen molar-refractivity contribution in [2.24, 2.45) is 0 Å². The number of hydrogen-bond acceptors (Lipinski definition) is 4. The van der Waals surface area contributed by atoms with Gasteiger partial charge < -0.3 is 14.6 Å². The number of benzene rings is 1. The Morgan fingerprint density at radius 3 is 2.76 bits per heavy atom. The van der Waals surface area contributed by atoms with Gasteiger partial charge in [-0.05, 0) is 30.7 Å². The third-order valence-electron chi connectivity index (χ3n) is 3.43. The minimum atomic E-state index is -0.877. The number of para-hydroxylation sites is 1. The fourth-order valence-electron chi connectivity index (χ4n) is 2.31. The Balaban J connectivity index is 1.85. The molecular weight excluding hydrogens is 266 g/mol. The van der Waals surface area contributed by atoms with Crippen LogP contribution in [0.3, 0.4) is 0 Å². The van der Waals surface area contributed by atoms with E-state index in [1.807, 2.05) is 42.5 Å². The third-order valence-corrected chi connectivity index (χ3v) is 3.43. The number of nitrogens with zero attached hydrogens (tertiary/aromatic N) is 1. The van der Waals surface area contributed by atoms with Crippen LogP contribution in [0.15, 0.2) is 52.9 Å². The number of aliphatic hydroxyl groups excluding tert-OH is 2. The van der Waals surface area contributed by atoms with Crippen LogP contribution in [0.25, 0.3) is 10.9 Å². The van der Waals surface area contributed by atoms with Crippen LogP contribution in [-0.2, 0) is 6.42 Å². The molecule has 0 radical (unpaired) electrons. The van der Waals surface area contributed by atoms with Crippen molar-refractivity contribution in [1.29, 1.82) is 0 Å². The summed E-state index contributed by atoms with van der Waals surface area (Å²) < 4.78 is 5.61. The SMILES string of the molecule is OCCCc1ccc(C(O)c2ccc3ccccc3n2)o1. The molecule has 0 aliphatic rings. The Morgan fingerprint density at radius 1 is 1.05 bits per heavy atom. The molecule has 2 aromatic heterocycles. The maximum absolute atomic E-state index is 10.4. The van der Waals surface area contributed by atoms with Gasteiger partial charge in [0.2, 0.25) is 0 Å². The Kier molecular flexibility index (Phi) is 3.99. The average molecular weight is 283 g/mol. The van der Waals surface area contributed by atoms with Gasteiger partial charge in [-0.3, -0.25) is 0 Å². The van der Waals surface area contributed by atoms with Crippen LogP contribution in [-0.4, -0.2) is 21.8 Å². The zero-order valence-corrected chi connectivity index (χ0v) is 11.6. The number of aryl methyl sites for hydroxylation is 1. The minimum absolute atomic E-state index is 0.130. The normalized spacial score (nSPS) is 12.7. The van der Waals surface area contributed by atoms with E-state index in [4.69, 9.17) is 9.52 Å². The summed E-state index contributed by atoms with van der Waals surface area (Å²) in [5.74, 6) is 1.24. The first kappa shape index (κ1) is 13.8. The molecule has 0 bridgehead atoms. The van der Waals surface area contributed by atoms with Crippen LogP contribution in [0.5, 0.6) is 0 Å². The van der Waals surface area contributed by atoms with Gasteiger partial charge in [0.25, 0.3) is 0 Å². The molecule has 3 aromatic rings. The Morgan fingerprint density at radius 2 is 1.90 bits per heavy atom. The molecule has 2 heterocycles. The van der Waals surface area contributed by atoms with Crippen LogP contribution in [0.2, 0.25) is 0 Å². The molecule has 0 amide bonds. The van der Waals surface area contributed by atoms with Crippen molar-refractivity contribution in [3.8, 4) is 0 Å². The third kappa shape index (κ3) is 2.96. The van der Waals surface area contributed by atoms with Crippen molar-refractivity contribution in [1.82, 2.24) is 4.98 Å². The van der Waals surface area contributed by atoms with Crippen molar-refractivity contribution >= 4 is 10.9 Å². The van der Waals surface area contributed by atoms with Crippen LogP contribution >= 0.6 is 0 Å². The number of hydrogen-bond donors (Lipinski definition) is 2. The van der Waals surface area contributed by atoms with Crippen molar-refractivity contribution in [2.75, 3.05) is 6.61 Å². The second-order valence-corrected chi connectivity index (χ2v) is 4.96. The Labute approximate surface area is 122 Å². The number of pyridine rings is 1. The molecule has 1 atom stereocenters. The molecule has 0 aliphatic carbocycles. The van der Waals surface area contributed by atoms with E-state index in [2.05, 4.69) is 4.98 Å². The standard InChI is InChI=1S/C17H17NO3/c19-11-3-5-13-8-10-16(21-13)17(20)15-9-7-12-4-1-2-6-14(12)18-15/h1-2,4,6-10,17,19-20H,3,5,11H2. The number of fused-ring (bicyclic) bond motifs is 1. The number of rotatable bonds is 5. The van der Waals surface area contributed by atoms with Crippen molar-refractivity contribution in [3.05, 3.63) is 65.7 Å². The molecule has 4 heteroatoms. The highest BCUT2D eigenvalue weighted by molar-refractivity contribution is 5.78. The maximum Gasteiger partial charge on any atom is 0.153 e. The van der Waals surface area contributed by atoms with Gasteiger partial charge in [0, 0.05) is 18.4 Å². The van der Waals surface area contributed by atoms with E-state index in [1.165, 1.54) is 0 Å². The summed E-state index contributed by atoms with van der Waals surface area (Å²) in [7, 11) is 0. The largest absolute Gasteiger partial charge is 0.463 e. The molecule has 0 fully saturated rings. The lowest BCUT2D eigenvalue weighted by Gasteiger charge is -2.08. The van der Waals surface area contributed by atoms with E-state index < -0.39 is 6.10 Å². The van der Waals surface area contributed by atoms with Crippen molar-refractivity contribution < 1.29 is 14.6 Å². The lowest BCUT2D eigenvalue weighted by atomic mass is 10.1. The van der Waals surface area contributed by atoms with E-state index in [1.54, 1.807) is 6.07 Å². The van der Waals surface area contributed by atoms with Gasteiger partial charge in [-0.15, -0.1) is 0 Å². The van der Waals surface area contributed by atoms with Crippen LogP contribution in [0.4, 0.5) is 0 Å². The topological polar surface area (TPSA) is 66.5 Å². The van der Waals surface area contributed by atoms with Gasteiger partial charge in [0.1, 0.15) is 11.5 Å². The first-order valence-corrected chi connectivity index (χ1v) is 7.01. The van der Waals surface area contributed by atoms with Crippen LogP contribution in [0, 0.1) is 0 Å². The predicted molar refractivity (Wildman–Crippen MR) is 79.9 cm³/mol. The number of furan rings is 1. The van der Waals surface area contributed by atoms with Crippen molar-refractivity contribution in [2.45, 2.75) is 18.9 Å². The first-order valence-electron chi connectivity index (χ1n) is 7.01. The second-order valence-electron chi connectivity index (χ2n) is 4.96. The summed E-state index contributed by atoms with van der Waals surface area (Å²) in [4.78, 5) is 4.47. The molecule has 21 heavy (non-hydrogen) atoms. The fourth-order valence-corrected chi connectivity index (χ4v) is 2.31. The second kappa shape index (κ2) is 6.08. The van der Waals surface area contributed by atoms with Crippen LogP contribution < -0.4 is 0 Å². The fraction of sp³-hybridized carbons (Fsp3) is 0.235. The monoisotopic (exact) mass is 283 g/mol. The summed E-state index contributed by atoms with van der Waals surface area (Å²) >= 11 is 0. The van der Waals surface area contributed by atoms with Gasteiger partial charge in [0.15, 0.2) is 6.10 Å². The van der Waals surface area contributed by atoms with E-state index in [0.29, 0.717) is 24.3 Å². The van der Waals surface area contributed by atoms with E-state index in [-0.39, 0.29) is 6.61 Å². The Hall–Kier alpha value is -2.17. The molecule has 1 aromatic carbocycles. The molecule has 3 rings (SSSR count). The smallest absolute Gasteiger partial charge is 0.153 e. The summed E-state index contributed by atoms with van der Waals surface area (Å²) in [6.07, 6.45) is 0.434. The lowest BCUT2D eigenvalue weighted by molar-refractivity contribution is 0.182.